The van der Waals surface area contributed by atoms with Crippen LogP contribution in [0.15, 0.2) is 71.6 Å². The Kier molecular flexibility index (Phi) is 4.74. The maximum atomic E-state index is 13.9. The van der Waals surface area contributed by atoms with Crippen molar-refractivity contribution in [2.75, 3.05) is 5.32 Å². The molecule has 2 aromatic carbocycles. The van der Waals surface area contributed by atoms with Crippen LogP contribution in [0.4, 0.5) is 10.1 Å². The Bertz CT molecular complexity index is 1470. The number of hydrogen-bond donors (Lipinski definition) is 1. The van der Waals surface area contributed by atoms with Gasteiger partial charge in [0.05, 0.1) is 5.52 Å². The molecule has 1 amide bonds. The lowest BCUT2D eigenvalue weighted by Crippen LogP contribution is -2.13. The Morgan fingerprint density at radius 1 is 1.12 bits per heavy atom. The molecule has 0 spiro atoms. The van der Waals surface area contributed by atoms with Crippen molar-refractivity contribution in [1.29, 1.82) is 0 Å². The molecule has 5 aromatic rings. The quantitative estimate of drug-likeness (QED) is 0.437. The molecule has 0 fully saturated rings. The average Bonchev–Trinajstić information content (AvgIpc) is 3.39. The number of carbonyl (C=O) groups is 1. The van der Waals surface area contributed by atoms with Gasteiger partial charge in [0.15, 0.2) is 5.69 Å². The number of hydrogen-bond acceptors (Lipinski definition) is 5. The van der Waals surface area contributed by atoms with E-state index in [4.69, 9.17) is 4.42 Å². The van der Waals surface area contributed by atoms with Crippen LogP contribution in [0, 0.1) is 12.7 Å². The molecule has 0 bridgehead atoms. The van der Waals surface area contributed by atoms with E-state index in [0.29, 0.717) is 22.7 Å². The van der Waals surface area contributed by atoms with Gasteiger partial charge < -0.3 is 9.73 Å². The van der Waals surface area contributed by atoms with Gasteiger partial charge in [-0.25, -0.2) is 9.37 Å². The molecule has 0 saturated carbocycles. The molecule has 0 atom stereocenters. The van der Waals surface area contributed by atoms with Gasteiger partial charge in [0.25, 0.3) is 5.91 Å². The zero-order chi connectivity index (χ0) is 22.2. The molecule has 0 aliphatic rings. The Hall–Kier alpha value is -4.33. The number of benzene rings is 2. The molecule has 7 nitrogen and oxygen atoms in total. The van der Waals surface area contributed by atoms with Crippen molar-refractivity contribution >= 4 is 22.5 Å². The fraction of sp³-hybridized carbons (Fsp3) is 0.0833. The summed E-state index contributed by atoms with van der Waals surface area (Å²) in [5.41, 5.74) is 4.21. The third-order valence-electron chi connectivity index (χ3n) is 5.02. The molecule has 0 unspecified atom stereocenters. The van der Waals surface area contributed by atoms with Crippen LogP contribution in [0.5, 0.6) is 0 Å². The van der Waals surface area contributed by atoms with Gasteiger partial charge in [0, 0.05) is 47.3 Å². The first-order chi connectivity index (χ1) is 15.5. The lowest BCUT2D eigenvalue weighted by Gasteiger charge is -2.11. The normalized spacial score (nSPS) is 11.1. The highest BCUT2D eigenvalue weighted by Crippen LogP contribution is 2.33. The summed E-state index contributed by atoms with van der Waals surface area (Å²) in [7, 11) is 1.82. The molecule has 32 heavy (non-hydrogen) atoms. The van der Waals surface area contributed by atoms with Crippen LogP contribution in [0.2, 0.25) is 0 Å². The van der Waals surface area contributed by atoms with Crippen LogP contribution in [0.3, 0.4) is 0 Å². The topological polar surface area (TPSA) is 85.8 Å². The second-order valence-electron chi connectivity index (χ2n) is 7.45. The minimum Gasteiger partial charge on any atom is -0.444 e. The predicted molar refractivity (Wildman–Crippen MR) is 119 cm³/mol. The van der Waals surface area contributed by atoms with Crippen molar-refractivity contribution in [2.24, 2.45) is 7.05 Å². The summed E-state index contributed by atoms with van der Waals surface area (Å²) in [6.07, 6.45) is 4.81. The summed E-state index contributed by atoms with van der Waals surface area (Å²) in [4.78, 5) is 21.4. The molecule has 5 rings (SSSR count). The molecule has 0 aliphatic heterocycles. The van der Waals surface area contributed by atoms with Crippen LogP contribution in [0.25, 0.3) is 33.5 Å². The van der Waals surface area contributed by atoms with Gasteiger partial charge in [-0.3, -0.25) is 14.5 Å². The summed E-state index contributed by atoms with van der Waals surface area (Å²) in [6.45, 7) is 1.86. The summed E-state index contributed by atoms with van der Waals surface area (Å²) in [5.74, 6) is -0.477. The van der Waals surface area contributed by atoms with Crippen molar-refractivity contribution in [3.63, 3.8) is 0 Å². The van der Waals surface area contributed by atoms with E-state index < -0.39 is 5.91 Å². The van der Waals surface area contributed by atoms with Crippen LogP contribution in [-0.4, -0.2) is 25.7 Å². The third kappa shape index (κ3) is 3.74. The Morgan fingerprint density at radius 2 is 2.00 bits per heavy atom. The number of aryl methyl sites for hydroxylation is 2. The molecule has 3 aromatic heterocycles. The maximum Gasteiger partial charge on any atom is 0.277 e. The summed E-state index contributed by atoms with van der Waals surface area (Å²) < 4.78 is 21.1. The SMILES string of the molecule is Cc1cc(-c2nc(C(=O)Nc3cc4cn(C)nc4cc3-c3cccc(F)c3)co2)ccn1. The molecule has 8 heteroatoms. The molecule has 1 N–H and O–H groups in total. The molecule has 3 heterocycles. The Labute approximate surface area is 182 Å². The number of pyridine rings is 1. The van der Waals surface area contributed by atoms with Crippen LogP contribution < -0.4 is 5.32 Å². The molecule has 0 saturated heterocycles. The predicted octanol–water partition coefficient (Wildman–Crippen LogP) is 4.99. The first-order valence-corrected chi connectivity index (χ1v) is 9.89. The number of aromatic nitrogens is 4. The van der Waals surface area contributed by atoms with E-state index in [1.54, 1.807) is 29.1 Å². The highest BCUT2D eigenvalue weighted by molar-refractivity contribution is 6.07. The molecular weight excluding hydrogens is 409 g/mol. The van der Waals surface area contributed by atoms with Gasteiger partial charge >= 0.3 is 0 Å². The van der Waals surface area contributed by atoms with Crippen molar-refractivity contribution in [3.8, 4) is 22.6 Å². The van der Waals surface area contributed by atoms with Gasteiger partial charge in [-0.05, 0) is 48.9 Å². The van der Waals surface area contributed by atoms with Crippen molar-refractivity contribution in [3.05, 3.63) is 84.4 Å². The standard InChI is InChI=1S/C24H18FN5O2/c1-14-8-16(6-7-26-14)24-28-22(13-32-24)23(31)27-21-10-17-12-30(2)29-20(17)11-19(21)15-4-3-5-18(25)9-15/h3-13H,1-2H3,(H,27,31). The summed E-state index contributed by atoms with van der Waals surface area (Å²) >= 11 is 0. The van der Waals surface area contributed by atoms with E-state index in [0.717, 1.165) is 22.2 Å². The van der Waals surface area contributed by atoms with Crippen molar-refractivity contribution < 1.29 is 13.6 Å². The van der Waals surface area contributed by atoms with Gasteiger partial charge in [0.2, 0.25) is 5.89 Å². The van der Waals surface area contributed by atoms with Crippen molar-refractivity contribution in [2.45, 2.75) is 6.92 Å². The lowest BCUT2D eigenvalue weighted by molar-refractivity contribution is 0.102. The zero-order valence-corrected chi connectivity index (χ0v) is 17.3. The molecule has 158 valence electrons. The second-order valence-corrected chi connectivity index (χ2v) is 7.45. The Morgan fingerprint density at radius 3 is 2.81 bits per heavy atom. The summed E-state index contributed by atoms with van der Waals surface area (Å²) in [5, 5.41) is 8.15. The maximum absolute atomic E-state index is 13.9. The average molecular weight is 427 g/mol. The van der Waals surface area contributed by atoms with Gasteiger partial charge in [-0.1, -0.05) is 12.1 Å². The van der Waals surface area contributed by atoms with Crippen LogP contribution >= 0.6 is 0 Å². The van der Waals surface area contributed by atoms with Crippen LogP contribution in [0.1, 0.15) is 16.2 Å². The third-order valence-corrected chi connectivity index (χ3v) is 5.02. The first kappa shape index (κ1) is 19.6. The van der Waals surface area contributed by atoms with E-state index >= 15 is 0 Å². The number of amides is 1. The van der Waals surface area contributed by atoms with Gasteiger partial charge in [0.1, 0.15) is 12.1 Å². The van der Waals surface area contributed by atoms with Crippen LogP contribution in [-0.2, 0) is 7.05 Å². The van der Waals surface area contributed by atoms with E-state index in [9.17, 15) is 9.18 Å². The van der Waals surface area contributed by atoms with E-state index in [1.807, 2.05) is 38.4 Å². The number of carbonyl (C=O) groups excluding carboxylic acids is 1. The number of nitrogens with one attached hydrogen (secondary N) is 1. The number of oxazole rings is 1. The number of fused-ring (bicyclic) bond motifs is 1. The monoisotopic (exact) mass is 427 g/mol. The van der Waals surface area contributed by atoms with Gasteiger partial charge in [-0.2, -0.15) is 5.10 Å². The minimum atomic E-state index is -0.438. The fourth-order valence-corrected chi connectivity index (χ4v) is 3.57. The first-order valence-electron chi connectivity index (χ1n) is 9.89. The molecule has 0 radical (unpaired) electrons. The highest BCUT2D eigenvalue weighted by atomic mass is 19.1. The second kappa shape index (κ2) is 7.73. The molecule has 0 aliphatic carbocycles. The number of anilines is 1. The smallest absolute Gasteiger partial charge is 0.277 e. The van der Waals surface area contributed by atoms with E-state index in [1.165, 1.54) is 18.4 Å². The number of halogens is 1. The fourth-order valence-electron chi connectivity index (χ4n) is 3.57. The lowest BCUT2D eigenvalue weighted by atomic mass is 10.0. The summed E-state index contributed by atoms with van der Waals surface area (Å²) in [6, 6.07) is 13.4. The van der Waals surface area contributed by atoms with E-state index in [-0.39, 0.29) is 11.5 Å². The minimum absolute atomic E-state index is 0.131. The van der Waals surface area contributed by atoms with Gasteiger partial charge in [-0.15, -0.1) is 0 Å². The van der Waals surface area contributed by atoms with E-state index in [2.05, 4.69) is 20.4 Å². The zero-order valence-electron chi connectivity index (χ0n) is 17.3. The molecular formula is C24H18FN5O2. The number of rotatable bonds is 4. The highest BCUT2D eigenvalue weighted by Gasteiger charge is 2.17. The largest absolute Gasteiger partial charge is 0.444 e. The Balaban J connectivity index is 1.52. The van der Waals surface area contributed by atoms with Crippen molar-refractivity contribution in [1.82, 2.24) is 19.7 Å². The number of nitrogens with zero attached hydrogens (tertiary/aromatic N) is 4.